The highest BCUT2D eigenvalue weighted by Crippen LogP contribution is 2.03. The number of carbonyl (C=O) groups excluding carboxylic acids is 2. The first-order chi connectivity index (χ1) is 9.13. The number of halogens is 1. The molecule has 0 bridgehead atoms. The Morgan fingerprint density at radius 3 is 2.30 bits per heavy atom. The minimum atomic E-state index is -0.823. The van der Waals surface area contributed by atoms with Crippen molar-refractivity contribution in [1.82, 2.24) is 4.90 Å². The number of carbonyl (C=O) groups is 2. The van der Waals surface area contributed by atoms with Crippen molar-refractivity contribution in [3.05, 3.63) is 0 Å². The third-order valence-corrected chi connectivity index (χ3v) is 2.93. The highest BCUT2D eigenvalue weighted by atomic mass is 35.5. The summed E-state index contributed by atoms with van der Waals surface area (Å²) in [5, 5.41) is 0. The van der Waals surface area contributed by atoms with Gasteiger partial charge in [-0.05, 0) is 7.05 Å². The first kappa shape index (κ1) is 16.9. The SMILES string of the molecule is CN1CC(=O)OB(CC=[N+]2CCOCC2)OC(=O)C1.[Cl-]. The van der Waals surface area contributed by atoms with E-state index in [2.05, 4.69) is 4.58 Å². The zero-order valence-corrected chi connectivity index (χ0v) is 12.2. The molecule has 0 aromatic heterocycles. The van der Waals surface area contributed by atoms with Crippen molar-refractivity contribution in [1.29, 1.82) is 0 Å². The quantitative estimate of drug-likeness (QED) is 0.379. The molecule has 2 heterocycles. The fraction of sp³-hybridized carbons (Fsp3) is 0.727. The van der Waals surface area contributed by atoms with E-state index in [4.69, 9.17) is 14.0 Å². The Kier molecular flexibility index (Phi) is 6.97. The predicted octanol–water partition coefficient (Wildman–Crippen LogP) is -4.38. The summed E-state index contributed by atoms with van der Waals surface area (Å²) in [7, 11) is 0.847. The summed E-state index contributed by atoms with van der Waals surface area (Å²) in [6, 6.07) is 0. The topological polar surface area (TPSA) is 68.1 Å². The van der Waals surface area contributed by atoms with E-state index in [1.165, 1.54) is 0 Å². The smallest absolute Gasteiger partial charge is 0.608 e. The zero-order valence-electron chi connectivity index (χ0n) is 11.4. The first-order valence-electron chi connectivity index (χ1n) is 6.36. The summed E-state index contributed by atoms with van der Waals surface area (Å²) in [5.74, 6) is -0.759. The fourth-order valence-corrected chi connectivity index (χ4v) is 1.98. The molecule has 2 aliphatic heterocycles. The Labute approximate surface area is 124 Å². The number of nitrogens with zero attached hydrogens (tertiary/aromatic N) is 2. The fourth-order valence-electron chi connectivity index (χ4n) is 1.98. The van der Waals surface area contributed by atoms with Crippen LogP contribution in [0.25, 0.3) is 0 Å². The number of rotatable bonds is 2. The second-order valence-corrected chi connectivity index (χ2v) is 4.65. The van der Waals surface area contributed by atoms with Crippen molar-refractivity contribution in [3.8, 4) is 0 Å². The molecule has 0 N–H and O–H groups in total. The molecular formula is C11H18BClN2O5. The molecule has 0 aromatic rings. The Morgan fingerprint density at radius 2 is 1.75 bits per heavy atom. The number of ether oxygens (including phenoxy) is 1. The highest BCUT2D eigenvalue weighted by Gasteiger charge is 2.32. The average molecular weight is 305 g/mol. The van der Waals surface area contributed by atoms with Gasteiger partial charge in [0, 0.05) is 0 Å². The van der Waals surface area contributed by atoms with Crippen LogP contribution in [0.3, 0.4) is 0 Å². The third-order valence-electron chi connectivity index (χ3n) is 2.93. The maximum absolute atomic E-state index is 11.5. The van der Waals surface area contributed by atoms with E-state index in [0.717, 1.165) is 13.1 Å². The van der Waals surface area contributed by atoms with Crippen LogP contribution in [0.5, 0.6) is 0 Å². The Balaban J connectivity index is 0.00000200. The lowest BCUT2D eigenvalue weighted by Crippen LogP contribution is -3.00. The van der Waals surface area contributed by atoms with Crippen LogP contribution in [0.4, 0.5) is 0 Å². The molecule has 2 rings (SSSR count). The van der Waals surface area contributed by atoms with Crippen molar-refractivity contribution in [2.24, 2.45) is 0 Å². The van der Waals surface area contributed by atoms with Crippen molar-refractivity contribution < 1.29 is 40.6 Å². The van der Waals surface area contributed by atoms with Crippen LogP contribution in [-0.4, -0.2) is 81.2 Å². The van der Waals surface area contributed by atoms with Gasteiger partial charge in [-0.2, -0.15) is 0 Å². The minimum Gasteiger partial charge on any atom is -1.00 e. The standard InChI is InChI=1S/C11H18BN2O5.ClH/c1-13-8-10(15)18-12(19-11(16)9-13)2-3-14-4-6-17-7-5-14;/h3H,2,4-9H2,1H3;1H/q+1;/p-1. The van der Waals surface area contributed by atoms with Crippen molar-refractivity contribution >= 4 is 25.3 Å². The number of hydrogen-bond acceptors (Lipinski definition) is 6. The van der Waals surface area contributed by atoms with E-state index in [0.29, 0.717) is 19.5 Å². The van der Waals surface area contributed by atoms with Gasteiger partial charge >= 0.3 is 19.1 Å². The van der Waals surface area contributed by atoms with E-state index in [1.807, 2.05) is 6.21 Å². The average Bonchev–Trinajstić information content (AvgIpc) is 2.35. The molecule has 0 spiro atoms. The lowest BCUT2D eigenvalue weighted by atomic mass is 9.85. The van der Waals surface area contributed by atoms with Crippen LogP contribution in [0, 0.1) is 0 Å². The molecule has 2 fully saturated rings. The van der Waals surface area contributed by atoms with E-state index in [1.54, 1.807) is 11.9 Å². The Bertz CT molecular complexity index is 365. The van der Waals surface area contributed by atoms with Crippen molar-refractivity contribution in [2.75, 3.05) is 46.4 Å². The second-order valence-electron chi connectivity index (χ2n) is 4.65. The van der Waals surface area contributed by atoms with Crippen LogP contribution >= 0.6 is 0 Å². The monoisotopic (exact) mass is 304 g/mol. The molecule has 0 atom stereocenters. The van der Waals surface area contributed by atoms with Gasteiger partial charge in [-0.25, -0.2) is 4.58 Å². The molecule has 0 aromatic carbocycles. The second kappa shape index (κ2) is 8.23. The van der Waals surface area contributed by atoms with Crippen molar-refractivity contribution in [3.63, 3.8) is 0 Å². The summed E-state index contributed by atoms with van der Waals surface area (Å²) in [5.41, 5.74) is 0. The molecule has 9 heteroatoms. The summed E-state index contributed by atoms with van der Waals surface area (Å²) in [6.45, 7) is 3.18. The Morgan fingerprint density at radius 1 is 1.20 bits per heavy atom. The molecular weight excluding hydrogens is 286 g/mol. The summed E-state index contributed by atoms with van der Waals surface area (Å²) < 4.78 is 17.5. The van der Waals surface area contributed by atoms with Gasteiger partial charge in [0.2, 0.25) is 0 Å². The third kappa shape index (κ3) is 5.48. The number of morpholine rings is 1. The summed E-state index contributed by atoms with van der Waals surface area (Å²) >= 11 is 0. The van der Waals surface area contributed by atoms with Gasteiger partial charge < -0.3 is 26.5 Å². The number of hydrogen-bond donors (Lipinski definition) is 0. The predicted molar refractivity (Wildman–Crippen MR) is 67.1 cm³/mol. The van der Waals surface area contributed by atoms with Crippen molar-refractivity contribution in [2.45, 2.75) is 6.32 Å². The zero-order chi connectivity index (χ0) is 13.7. The molecule has 0 unspecified atom stereocenters. The summed E-state index contributed by atoms with van der Waals surface area (Å²) in [4.78, 5) is 24.6. The molecule has 0 radical (unpaired) electrons. The van der Waals surface area contributed by atoms with Gasteiger partial charge in [0.15, 0.2) is 13.1 Å². The van der Waals surface area contributed by atoms with Crippen LogP contribution in [0.15, 0.2) is 0 Å². The molecule has 7 nitrogen and oxygen atoms in total. The lowest BCUT2D eigenvalue weighted by Gasteiger charge is -2.21. The van der Waals surface area contributed by atoms with Gasteiger partial charge in [0.1, 0.15) is 19.4 Å². The van der Waals surface area contributed by atoms with Crippen LogP contribution < -0.4 is 12.4 Å². The first-order valence-corrected chi connectivity index (χ1v) is 6.36. The van der Waals surface area contributed by atoms with Gasteiger partial charge in [-0.1, -0.05) is 0 Å². The molecule has 20 heavy (non-hydrogen) atoms. The normalized spacial score (nSPS) is 21.2. The Hall–Kier alpha value is -1.12. The maximum atomic E-state index is 11.5. The van der Waals surface area contributed by atoms with Crippen LogP contribution in [-0.2, 0) is 23.6 Å². The summed E-state index contributed by atoms with van der Waals surface area (Å²) in [6.07, 6.45) is 2.28. The number of likely N-dealkylation sites (N-methyl/N-ethyl adjacent to an activating group) is 1. The van der Waals surface area contributed by atoms with E-state index in [-0.39, 0.29) is 37.4 Å². The highest BCUT2D eigenvalue weighted by molar-refractivity contribution is 6.52. The van der Waals surface area contributed by atoms with E-state index in [9.17, 15) is 9.59 Å². The largest absolute Gasteiger partial charge is 1.00 e. The molecule has 0 saturated carbocycles. The molecule has 0 amide bonds. The van der Waals surface area contributed by atoms with Gasteiger partial charge in [0.05, 0.1) is 19.4 Å². The molecule has 0 aliphatic carbocycles. The van der Waals surface area contributed by atoms with E-state index < -0.39 is 7.12 Å². The lowest BCUT2D eigenvalue weighted by molar-refractivity contribution is -0.545. The van der Waals surface area contributed by atoms with Gasteiger partial charge in [0.25, 0.3) is 0 Å². The minimum absolute atomic E-state index is 0. The van der Waals surface area contributed by atoms with Gasteiger partial charge in [-0.3, -0.25) is 14.5 Å². The maximum Gasteiger partial charge on any atom is 0.608 e. The molecule has 112 valence electrons. The van der Waals surface area contributed by atoms with Crippen LogP contribution in [0.1, 0.15) is 0 Å². The molecule has 2 aliphatic rings. The van der Waals surface area contributed by atoms with Crippen LogP contribution in [0.2, 0.25) is 6.32 Å². The van der Waals surface area contributed by atoms with E-state index >= 15 is 0 Å². The molecule has 2 saturated heterocycles. The van der Waals surface area contributed by atoms with Gasteiger partial charge in [-0.15, -0.1) is 0 Å².